The Morgan fingerprint density at radius 1 is 0.829 bits per heavy atom. The molecule has 0 radical (unpaired) electrons. The van der Waals surface area contributed by atoms with E-state index in [1.54, 1.807) is 16.7 Å². The van der Waals surface area contributed by atoms with E-state index in [0.29, 0.717) is 12.0 Å². The minimum atomic E-state index is 0.581. The summed E-state index contributed by atoms with van der Waals surface area (Å²) in [5, 5.41) is 0. The van der Waals surface area contributed by atoms with Crippen molar-refractivity contribution in [1.82, 2.24) is 14.8 Å². The highest BCUT2D eigenvalue weighted by atomic mass is 16.5. The first kappa shape index (κ1) is 23.3. The van der Waals surface area contributed by atoms with Gasteiger partial charge in [0.25, 0.3) is 0 Å². The van der Waals surface area contributed by atoms with E-state index in [2.05, 4.69) is 63.0 Å². The maximum atomic E-state index is 5.54. The van der Waals surface area contributed by atoms with Crippen LogP contribution in [0.3, 0.4) is 0 Å². The van der Waals surface area contributed by atoms with Gasteiger partial charge >= 0.3 is 0 Å². The Kier molecular flexibility index (Phi) is 6.95. The van der Waals surface area contributed by atoms with Gasteiger partial charge < -0.3 is 19.4 Å². The number of fused-ring (bicyclic) bond motifs is 1. The number of hydrogen-bond acceptors (Lipinski definition) is 6. The zero-order chi connectivity index (χ0) is 23.6. The minimum absolute atomic E-state index is 0.581. The van der Waals surface area contributed by atoms with Crippen LogP contribution in [0.2, 0.25) is 0 Å². The number of nitrogens with zero attached hydrogens (tertiary/aromatic N) is 5. The number of likely N-dealkylation sites (N-methyl/N-ethyl adjacent to an activating group) is 1. The molecule has 0 amide bonds. The highest BCUT2D eigenvalue weighted by Gasteiger charge is 2.30. The summed E-state index contributed by atoms with van der Waals surface area (Å²) in [5.74, 6) is 2.81. The van der Waals surface area contributed by atoms with Gasteiger partial charge in [-0.2, -0.15) is 0 Å². The largest absolute Gasteiger partial charge is 0.378 e. The Balaban J connectivity index is 1.19. The van der Waals surface area contributed by atoms with Gasteiger partial charge in [-0.15, -0.1) is 0 Å². The molecular formula is C29H41N5O. The number of piperazine rings is 1. The second kappa shape index (κ2) is 10.5. The van der Waals surface area contributed by atoms with E-state index in [1.165, 1.54) is 58.3 Å². The van der Waals surface area contributed by atoms with Crippen LogP contribution >= 0.6 is 0 Å². The van der Waals surface area contributed by atoms with E-state index in [9.17, 15) is 0 Å². The van der Waals surface area contributed by atoms with Crippen molar-refractivity contribution >= 4 is 11.6 Å². The summed E-state index contributed by atoms with van der Waals surface area (Å²) in [4.78, 5) is 15.2. The van der Waals surface area contributed by atoms with E-state index in [-0.39, 0.29) is 0 Å². The molecule has 3 saturated heterocycles. The zero-order valence-electron chi connectivity index (χ0n) is 21.4. The van der Waals surface area contributed by atoms with Crippen molar-refractivity contribution in [1.29, 1.82) is 0 Å². The fourth-order valence-corrected chi connectivity index (χ4v) is 6.57. The zero-order valence-corrected chi connectivity index (χ0v) is 21.4. The number of benzene rings is 1. The lowest BCUT2D eigenvalue weighted by molar-refractivity contribution is 0.102. The first-order valence-corrected chi connectivity index (χ1v) is 13.8. The van der Waals surface area contributed by atoms with E-state index in [1.807, 2.05) is 0 Å². The highest BCUT2D eigenvalue weighted by Crippen LogP contribution is 2.38. The molecule has 6 heteroatoms. The fraction of sp³-hybridized carbons (Fsp3) is 0.621. The van der Waals surface area contributed by atoms with Gasteiger partial charge in [0.15, 0.2) is 0 Å². The smallest absolute Gasteiger partial charge is 0.131 e. The molecule has 0 bridgehead atoms. The van der Waals surface area contributed by atoms with Crippen LogP contribution in [0, 0.1) is 0 Å². The molecule has 4 heterocycles. The number of rotatable bonds is 4. The van der Waals surface area contributed by atoms with Crippen molar-refractivity contribution < 1.29 is 4.74 Å². The molecule has 0 N–H and O–H groups in total. The molecule has 2 atom stereocenters. The van der Waals surface area contributed by atoms with Gasteiger partial charge in [-0.1, -0.05) is 24.3 Å². The summed E-state index contributed by atoms with van der Waals surface area (Å²) >= 11 is 0. The molecule has 6 rings (SSSR count). The number of pyridine rings is 1. The Labute approximate surface area is 210 Å². The second-order valence-corrected chi connectivity index (χ2v) is 10.9. The number of piperidine rings is 1. The summed E-state index contributed by atoms with van der Waals surface area (Å²) in [7, 11) is 2.25. The number of hydrogen-bond donors (Lipinski definition) is 0. The lowest BCUT2D eigenvalue weighted by Crippen LogP contribution is -2.46. The standard InChI is InChI=1S/C29H41N5O/c1-31-13-15-32(16-14-31)27-7-2-5-23-10-11-24(21-26(23)27)25-6-4-12-34(22-25)29-9-3-8-28(30-29)33-17-19-35-20-18-33/h3,8-11,21,25,27H,2,4-7,12-20,22H2,1H3. The molecular weight excluding hydrogens is 434 g/mol. The third-order valence-corrected chi connectivity index (χ3v) is 8.70. The molecule has 0 saturated carbocycles. The SMILES string of the molecule is CN1CCN(C2CCCc3ccc(C4CCCN(c5cccc(N6CCOCC6)n5)C4)cc32)CC1. The lowest BCUT2D eigenvalue weighted by atomic mass is 9.82. The molecule has 4 aliphatic rings. The number of morpholine rings is 1. The Bertz CT molecular complexity index is 998. The normalized spacial score (nSPS) is 26.5. The third kappa shape index (κ3) is 5.07. The Morgan fingerprint density at radius 3 is 2.46 bits per heavy atom. The van der Waals surface area contributed by atoms with E-state index < -0.39 is 0 Å². The van der Waals surface area contributed by atoms with Gasteiger partial charge in [-0.25, -0.2) is 4.98 Å². The average Bonchev–Trinajstić information content (AvgIpc) is 2.93. The molecule has 3 fully saturated rings. The van der Waals surface area contributed by atoms with Crippen molar-refractivity contribution in [2.45, 2.75) is 44.1 Å². The minimum Gasteiger partial charge on any atom is -0.378 e. The van der Waals surface area contributed by atoms with Gasteiger partial charge in [0.1, 0.15) is 11.6 Å². The molecule has 6 nitrogen and oxygen atoms in total. The molecule has 2 aromatic rings. The van der Waals surface area contributed by atoms with Crippen LogP contribution in [0.4, 0.5) is 11.6 Å². The van der Waals surface area contributed by atoms with Crippen LogP contribution in [0.25, 0.3) is 0 Å². The van der Waals surface area contributed by atoms with Gasteiger partial charge in [-0.05, 0) is 68.0 Å². The second-order valence-electron chi connectivity index (χ2n) is 10.9. The lowest BCUT2D eigenvalue weighted by Gasteiger charge is -2.41. The molecule has 35 heavy (non-hydrogen) atoms. The summed E-state index contributed by atoms with van der Waals surface area (Å²) in [6, 6.07) is 14.6. The molecule has 1 aromatic heterocycles. The summed E-state index contributed by atoms with van der Waals surface area (Å²) in [6.07, 6.45) is 6.39. The molecule has 1 aromatic carbocycles. The quantitative estimate of drug-likeness (QED) is 0.667. The molecule has 188 valence electrons. The number of anilines is 2. The van der Waals surface area contributed by atoms with Crippen LogP contribution < -0.4 is 9.80 Å². The first-order chi connectivity index (χ1) is 17.2. The van der Waals surface area contributed by atoms with Gasteiger partial charge in [-0.3, -0.25) is 4.90 Å². The van der Waals surface area contributed by atoms with Gasteiger partial charge in [0, 0.05) is 64.3 Å². The average molecular weight is 476 g/mol. The summed E-state index contributed by atoms with van der Waals surface area (Å²) < 4.78 is 5.54. The van der Waals surface area contributed by atoms with Crippen LogP contribution in [-0.4, -0.2) is 87.4 Å². The highest BCUT2D eigenvalue weighted by molar-refractivity contribution is 5.50. The summed E-state index contributed by atoms with van der Waals surface area (Å²) in [5.41, 5.74) is 4.76. The summed E-state index contributed by atoms with van der Waals surface area (Å²) in [6.45, 7) is 10.4. The van der Waals surface area contributed by atoms with Crippen molar-refractivity contribution in [3.63, 3.8) is 0 Å². The topological polar surface area (TPSA) is 35.1 Å². The maximum absolute atomic E-state index is 5.54. The van der Waals surface area contributed by atoms with Crippen LogP contribution in [0.15, 0.2) is 36.4 Å². The Hall–Kier alpha value is -2.15. The number of aromatic nitrogens is 1. The number of aryl methyl sites for hydroxylation is 1. The Morgan fingerprint density at radius 2 is 1.63 bits per heavy atom. The first-order valence-electron chi connectivity index (χ1n) is 13.8. The van der Waals surface area contributed by atoms with Gasteiger partial charge in [0.2, 0.25) is 0 Å². The maximum Gasteiger partial charge on any atom is 0.131 e. The molecule has 1 aliphatic carbocycles. The van der Waals surface area contributed by atoms with Crippen LogP contribution in [0.5, 0.6) is 0 Å². The van der Waals surface area contributed by atoms with Crippen LogP contribution in [0.1, 0.15) is 54.3 Å². The fourth-order valence-electron chi connectivity index (χ4n) is 6.57. The number of ether oxygens (including phenoxy) is 1. The van der Waals surface area contributed by atoms with Crippen molar-refractivity contribution in [3.8, 4) is 0 Å². The molecule has 2 unspecified atom stereocenters. The van der Waals surface area contributed by atoms with Crippen molar-refractivity contribution in [2.24, 2.45) is 0 Å². The monoisotopic (exact) mass is 475 g/mol. The predicted molar refractivity (Wildman–Crippen MR) is 143 cm³/mol. The molecule has 0 spiro atoms. The predicted octanol–water partition coefficient (Wildman–Crippen LogP) is 3.93. The van der Waals surface area contributed by atoms with Crippen LogP contribution in [-0.2, 0) is 11.2 Å². The van der Waals surface area contributed by atoms with E-state index in [4.69, 9.17) is 9.72 Å². The third-order valence-electron chi connectivity index (χ3n) is 8.70. The molecule has 3 aliphatic heterocycles. The van der Waals surface area contributed by atoms with Crippen molar-refractivity contribution in [2.75, 3.05) is 82.4 Å². The van der Waals surface area contributed by atoms with E-state index in [0.717, 1.165) is 51.0 Å². The van der Waals surface area contributed by atoms with E-state index >= 15 is 0 Å². The van der Waals surface area contributed by atoms with Gasteiger partial charge in [0.05, 0.1) is 13.2 Å². The van der Waals surface area contributed by atoms with Crippen molar-refractivity contribution in [3.05, 3.63) is 53.1 Å².